The minimum absolute atomic E-state index is 0.0921. The van der Waals surface area contributed by atoms with Crippen LogP contribution in [0.2, 0.25) is 0 Å². The third kappa shape index (κ3) is 5.70. The summed E-state index contributed by atoms with van der Waals surface area (Å²) >= 11 is 0. The van der Waals surface area contributed by atoms with E-state index >= 15 is 0 Å². The third-order valence-corrected chi connectivity index (χ3v) is 6.01. The van der Waals surface area contributed by atoms with Crippen molar-refractivity contribution in [2.45, 2.75) is 6.92 Å². The van der Waals surface area contributed by atoms with Gasteiger partial charge < -0.3 is 15.0 Å². The van der Waals surface area contributed by atoms with Crippen molar-refractivity contribution in [1.82, 2.24) is 0 Å². The van der Waals surface area contributed by atoms with Crippen LogP contribution in [0.3, 0.4) is 0 Å². The molecule has 0 radical (unpaired) electrons. The Kier molecular flexibility index (Phi) is 6.76. The largest absolute Gasteiger partial charge is 0.378 e. The SMILES string of the molecule is Cc1ccc([N+](=O)[O-])cc1N(CC(=O)Nc1ccc(N2CCOCC2)cc1)S(C)(=O)=O. The molecule has 2 aromatic rings. The first-order valence-electron chi connectivity index (χ1n) is 9.60. The van der Waals surface area contributed by atoms with Crippen molar-refractivity contribution in [3.8, 4) is 0 Å². The van der Waals surface area contributed by atoms with Crippen LogP contribution < -0.4 is 14.5 Å². The van der Waals surface area contributed by atoms with Gasteiger partial charge in [0.2, 0.25) is 15.9 Å². The summed E-state index contributed by atoms with van der Waals surface area (Å²) < 4.78 is 30.9. The number of amides is 1. The van der Waals surface area contributed by atoms with Gasteiger partial charge in [0.25, 0.3) is 5.69 Å². The van der Waals surface area contributed by atoms with E-state index in [1.807, 2.05) is 12.1 Å². The number of anilines is 3. The Morgan fingerprint density at radius 3 is 2.42 bits per heavy atom. The van der Waals surface area contributed by atoms with Crippen LogP contribution >= 0.6 is 0 Å². The number of morpholine rings is 1. The van der Waals surface area contributed by atoms with E-state index in [0.29, 0.717) is 24.5 Å². The molecule has 31 heavy (non-hydrogen) atoms. The van der Waals surface area contributed by atoms with Crippen LogP contribution in [-0.4, -0.2) is 58.4 Å². The number of carbonyl (C=O) groups is 1. The Balaban J connectivity index is 1.75. The lowest BCUT2D eigenvalue weighted by atomic mass is 10.2. The van der Waals surface area contributed by atoms with Gasteiger partial charge in [0.05, 0.1) is 30.1 Å². The molecule has 1 fully saturated rings. The molecular weight excluding hydrogens is 424 g/mol. The minimum atomic E-state index is -3.86. The number of ether oxygens (including phenoxy) is 1. The molecule has 1 amide bonds. The highest BCUT2D eigenvalue weighted by molar-refractivity contribution is 7.92. The average Bonchev–Trinajstić information content (AvgIpc) is 2.73. The standard InChI is InChI=1S/C20H24N4O6S/c1-15-3-6-18(24(26)27)13-19(15)23(31(2,28)29)14-20(25)21-16-4-7-17(8-5-16)22-9-11-30-12-10-22/h3-8,13H,9-12,14H2,1-2H3,(H,21,25). The molecule has 1 aliphatic heterocycles. The van der Waals surface area contributed by atoms with Crippen LogP contribution in [0.15, 0.2) is 42.5 Å². The zero-order chi connectivity index (χ0) is 22.6. The number of non-ortho nitro benzene ring substituents is 1. The van der Waals surface area contributed by atoms with Crippen molar-refractivity contribution in [3.05, 3.63) is 58.1 Å². The van der Waals surface area contributed by atoms with Crippen molar-refractivity contribution in [1.29, 1.82) is 0 Å². The molecular formula is C20H24N4O6S. The molecule has 0 saturated carbocycles. The molecule has 0 aliphatic carbocycles. The fourth-order valence-electron chi connectivity index (χ4n) is 3.27. The number of nitro groups is 1. The quantitative estimate of drug-likeness (QED) is 0.509. The Labute approximate surface area is 180 Å². The molecule has 1 saturated heterocycles. The maximum absolute atomic E-state index is 12.6. The lowest BCUT2D eigenvalue weighted by molar-refractivity contribution is -0.384. The predicted molar refractivity (Wildman–Crippen MR) is 118 cm³/mol. The van der Waals surface area contributed by atoms with Crippen molar-refractivity contribution >= 4 is 38.7 Å². The zero-order valence-corrected chi connectivity index (χ0v) is 18.1. The van der Waals surface area contributed by atoms with Gasteiger partial charge in [-0.1, -0.05) is 6.07 Å². The summed E-state index contributed by atoms with van der Waals surface area (Å²) in [6, 6.07) is 11.1. The second kappa shape index (κ2) is 9.31. The Hall–Kier alpha value is -3.18. The van der Waals surface area contributed by atoms with Crippen molar-refractivity contribution in [3.63, 3.8) is 0 Å². The van der Waals surface area contributed by atoms with Crippen LogP contribution in [-0.2, 0) is 19.6 Å². The third-order valence-electron chi connectivity index (χ3n) is 4.89. The number of nitro benzene ring substituents is 1. The molecule has 0 aromatic heterocycles. The summed E-state index contributed by atoms with van der Waals surface area (Å²) in [6.45, 7) is 4.02. The monoisotopic (exact) mass is 448 g/mol. The number of nitrogens with zero attached hydrogens (tertiary/aromatic N) is 3. The van der Waals surface area contributed by atoms with E-state index in [-0.39, 0.29) is 11.4 Å². The first kappa shape index (κ1) is 22.5. The number of hydrogen-bond donors (Lipinski definition) is 1. The van der Waals surface area contributed by atoms with Gasteiger partial charge in [0.15, 0.2) is 0 Å². The Morgan fingerprint density at radius 2 is 1.84 bits per heavy atom. The van der Waals surface area contributed by atoms with Crippen LogP contribution in [0.4, 0.5) is 22.7 Å². The highest BCUT2D eigenvalue weighted by atomic mass is 32.2. The topological polar surface area (TPSA) is 122 Å². The maximum Gasteiger partial charge on any atom is 0.271 e. The summed E-state index contributed by atoms with van der Waals surface area (Å²) in [5, 5.41) is 13.8. The van der Waals surface area contributed by atoms with Gasteiger partial charge in [-0.3, -0.25) is 19.2 Å². The van der Waals surface area contributed by atoms with E-state index in [1.54, 1.807) is 19.1 Å². The Morgan fingerprint density at radius 1 is 1.19 bits per heavy atom. The van der Waals surface area contributed by atoms with Crippen LogP contribution in [0, 0.1) is 17.0 Å². The summed E-state index contributed by atoms with van der Waals surface area (Å²) in [5.74, 6) is -0.560. The minimum Gasteiger partial charge on any atom is -0.378 e. The van der Waals surface area contributed by atoms with Gasteiger partial charge >= 0.3 is 0 Å². The normalized spacial score (nSPS) is 14.2. The highest BCUT2D eigenvalue weighted by Gasteiger charge is 2.24. The second-order valence-corrected chi connectivity index (χ2v) is 9.10. The van der Waals surface area contributed by atoms with E-state index in [9.17, 15) is 23.3 Å². The van der Waals surface area contributed by atoms with Gasteiger partial charge in [-0.15, -0.1) is 0 Å². The fourth-order valence-corrected chi connectivity index (χ4v) is 4.17. The fraction of sp³-hybridized carbons (Fsp3) is 0.350. The highest BCUT2D eigenvalue weighted by Crippen LogP contribution is 2.27. The maximum atomic E-state index is 12.6. The number of nitrogens with one attached hydrogen (secondary N) is 1. The van der Waals surface area contributed by atoms with Gasteiger partial charge in [0, 0.05) is 36.6 Å². The van der Waals surface area contributed by atoms with E-state index in [4.69, 9.17) is 4.74 Å². The van der Waals surface area contributed by atoms with Gasteiger partial charge in [0.1, 0.15) is 6.54 Å². The van der Waals surface area contributed by atoms with Crippen molar-refractivity contribution in [2.24, 2.45) is 0 Å². The van der Waals surface area contributed by atoms with E-state index in [2.05, 4.69) is 10.2 Å². The van der Waals surface area contributed by atoms with E-state index in [1.165, 1.54) is 12.1 Å². The van der Waals surface area contributed by atoms with E-state index in [0.717, 1.165) is 35.4 Å². The number of rotatable bonds is 7. The van der Waals surface area contributed by atoms with Crippen molar-refractivity contribution in [2.75, 3.05) is 53.6 Å². The molecule has 1 heterocycles. The first-order valence-corrected chi connectivity index (χ1v) is 11.5. The molecule has 1 N–H and O–H groups in total. The van der Waals surface area contributed by atoms with Gasteiger partial charge in [-0.25, -0.2) is 8.42 Å². The molecule has 10 nitrogen and oxygen atoms in total. The van der Waals surface area contributed by atoms with Crippen molar-refractivity contribution < 1.29 is 22.9 Å². The zero-order valence-electron chi connectivity index (χ0n) is 17.3. The summed E-state index contributed by atoms with van der Waals surface area (Å²) in [7, 11) is -3.86. The molecule has 0 atom stereocenters. The number of benzene rings is 2. The molecule has 11 heteroatoms. The smallest absolute Gasteiger partial charge is 0.271 e. The molecule has 166 valence electrons. The lowest BCUT2D eigenvalue weighted by Gasteiger charge is -2.29. The van der Waals surface area contributed by atoms with E-state index < -0.39 is 27.4 Å². The first-order chi connectivity index (χ1) is 14.6. The van der Waals surface area contributed by atoms with Gasteiger partial charge in [-0.2, -0.15) is 0 Å². The summed E-state index contributed by atoms with van der Waals surface area (Å²) in [6.07, 6.45) is 0.954. The summed E-state index contributed by atoms with van der Waals surface area (Å²) in [4.78, 5) is 25.2. The molecule has 2 aromatic carbocycles. The number of carbonyl (C=O) groups excluding carboxylic acids is 1. The van der Waals surface area contributed by atoms with Crippen LogP contribution in [0.5, 0.6) is 0 Å². The lowest BCUT2D eigenvalue weighted by Crippen LogP contribution is -2.38. The van der Waals surface area contributed by atoms with Gasteiger partial charge in [-0.05, 0) is 36.8 Å². The Bertz CT molecular complexity index is 1070. The van der Waals surface area contributed by atoms with Crippen LogP contribution in [0.1, 0.15) is 5.56 Å². The molecule has 0 bridgehead atoms. The van der Waals surface area contributed by atoms with Crippen LogP contribution in [0.25, 0.3) is 0 Å². The number of aryl methyl sites for hydroxylation is 1. The molecule has 3 rings (SSSR count). The summed E-state index contributed by atoms with van der Waals surface area (Å²) in [5.41, 5.74) is 1.86. The average molecular weight is 449 g/mol. The molecule has 0 unspecified atom stereocenters. The number of hydrogen-bond acceptors (Lipinski definition) is 7. The second-order valence-electron chi connectivity index (χ2n) is 7.19. The molecule has 1 aliphatic rings. The predicted octanol–water partition coefficient (Wildman–Crippen LogP) is 2.14. The molecule has 0 spiro atoms. The number of sulfonamides is 1.